The molecule has 13 nitrogen and oxygen atoms in total. The van der Waals surface area contributed by atoms with Crippen molar-refractivity contribution in [3.63, 3.8) is 0 Å². The van der Waals surface area contributed by atoms with E-state index in [9.17, 15) is 33.9 Å². The molecule has 0 radical (unpaired) electrons. The van der Waals surface area contributed by atoms with Gasteiger partial charge in [-0.25, -0.2) is 4.79 Å². The fourth-order valence-corrected chi connectivity index (χ4v) is 3.00. The van der Waals surface area contributed by atoms with Crippen molar-refractivity contribution in [3.8, 4) is 0 Å². The third-order valence-corrected chi connectivity index (χ3v) is 4.53. The van der Waals surface area contributed by atoms with Crippen molar-refractivity contribution in [2.75, 3.05) is 6.54 Å². The first-order chi connectivity index (χ1) is 13.9. The summed E-state index contributed by atoms with van der Waals surface area (Å²) in [6.07, 6.45) is -0.687. The minimum atomic E-state index is -1.46. The normalized spacial score (nSPS) is 18.7. The number of carboxylic acids is 2. The standard InChI is InChI=1S/C17H27N5O8/c1-8(18)14(26)20-9(4-5-13(24)25)15(27)21-10(7-12(19)23)16(28)22-6-2-3-11(22)17(29)30/h8-11H,2-7,18H2,1H3,(H2,19,23)(H,20,26)(H,21,27)(H,24,25)(H,29,30)/t8-,9-,10-,11-/m0/s1. The van der Waals surface area contributed by atoms with Crippen LogP contribution in [0.15, 0.2) is 0 Å². The average molecular weight is 429 g/mol. The molecule has 0 aliphatic carbocycles. The maximum Gasteiger partial charge on any atom is 0.326 e. The fourth-order valence-electron chi connectivity index (χ4n) is 3.00. The number of hydrogen-bond donors (Lipinski definition) is 6. The minimum Gasteiger partial charge on any atom is -0.481 e. The highest BCUT2D eigenvalue weighted by molar-refractivity contribution is 5.96. The lowest BCUT2D eigenvalue weighted by molar-refractivity contribution is -0.149. The quantitative estimate of drug-likeness (QED) is 0.198. The summed E-state index contributed by atoms with van der Waals surface area (Å²) >= 11 is 0. The molecule has 4 atom stereocenters. The Bertz CT molecular complexity index is 710. The van der Waals surface area contributed by atoms with Crippen LogP contribution in [-0.2, 0) is 28.8 Å². The van der Waals surface area contributed by atoms with Crippen LogP contribution in [0.4, 0.5) is 0 Å². The molecule has 1 heterocycles. The van der Waals surface area contributed by atoms with Gasteiger partial charge in [0.1, 0.15) is 18.1 Å². The summed E-state index contributed by atoms with van der Waals surface area (Å²) in [5.74, 6) is -5.79. The van der Waals surface area contributed by atoms with Gasteiger partial charge in [0.2, 0.25) is 23.6 Å². The van der Waals surface area contributed by atoms with E-state index in [-0.39, 0.29) is 19.4 Å². The van der Waals surface area contributed by atoms with Crippen LogP contribution < -0.4 is 22.1 Å². The Balaban J connectivity index is 3.00. The zero-order valence-electron chi connectivity index (χ0n) is 16.5. The number of likely N-dealkylation sites (tertiary alicyclic amines) is 1. The van der Waals surface area contributed by atoms with Gasteiger partial charge >= 0.3 is 11.9 Å². The van der Waals surface area contributed by atoms with Gasteiger partial charge in [-0.1, -0.05) is 0 Å². The first kappa shape index (κ1) is 24.8. The lowest BCUT2D eigenvalue weighted by atomic mass is 10.1. The first-order valence-electron chi connectivity index (χ1n) is 9.33. The molecule has 13 heteroatoms. The van der Waals surface area contributed by atoms with E-state index in [0.717, 1.165) is 4.90 Å². The zero-order chi connectivity index (χ0) is 23.0. The Kier molecular flexibility index (Phi) is 9.17. The van der Waals surface area contributed by atoms with Gasteiger partial charge in [0.15, 0.2) is 0 Å². The summed E-state index contributed by atoms with van der Waals surface area (Å²) in [5.41, 5.74) is 10.6. The number of carboxylic acid groups (broad SMARTS) is 2. The van der Waals surface area contributed by atoms with Crippen molar-refractivity contribution in [1.29, 1.82) is 0 Å². The molecule has 0 aromatic rings. The van der Waals surface area contributed by atoms with Gasteiger partial charge in [0, 0.05) is 13.0 Å². The van der Waals surface area contributed by atoms with Crippen molar-refractivity contribution >= 4 is 35.6 Å². The SMILES string of the molecule is C[C@H](N)C(=O)N[C@@H](CCC(=O)O)C(=O)N[C@@H](CC(N)=O)C(=O)N1CCC[C@H]1C(=O)O. The largest absolute Gasteiger partial charge is 0.481 e. The highest BCUT2D eigenvalue weighted by Gasteiger charge is 2.38. The van der Waals surface area contributed by atoms with Gasteiger partial charge in [-0.2, -0.15) is 0 Å². The summed E-state index contributed by atoms with van der Waals surface area (Å²) < 4.78 is 0. The third kappa shape index (κ3) is 7.31. The molecule has 0 unspecified atom stereocenters. The van der Waals surface area contributed by atoms with E-state index in [1.54, 1.807) is 0 Å². The number of amides is 4. The van der Waals surface area contributed by atoms with Crippen LogP contribution in [0.3, 0.4) is 0 Å². The lowest BCUT2D eigenvalue weighted by Crippen LogP contribution is -2.57. The van der Waals surface area contributed by atoms with Crippen molar-refractivity contribution in [2.45, 2.75) is 63.2 Å². The van der Waals surface area contributed by atoms with E-state index in [1.807, 2.05) is 0 Å². The van der Waals surface area contributed by atoms with Crippen molar-refractivity contribution in [3.05, 3.63) is 0 Å². The molecule has 30 heavy (non-hydrogen) atoms. The van der Waals surface area contributed by atoms with Crippen LogP contribution in [0, 0.1) is 0 Å². The van der Waals surface area contributed by atoms with Gasteiger partial charge in [0.25, 0.3) is 0 Å². The van der Waals surface area contributed by atoms with Crippen LogP contribution in [0.5, 0.6) is 0 Å². The van der Waals surface area contributed by atoms with Crippen LogP contribution in [0.25, 0.3) is 0 Å². The van der Waals surface area contributed by atoms with Gasteiger partial charge in [-0.15, -0.1) is 0 Å². The number of carbonyl (C=O) groups is 6. The predicted octanol–water partition coefficient (Wildman–Crippen LogP) is -2.88. The molecule has 1 aliphatic heterocycles. The number of rotatable bonds is 11. The molecule has 1 fully saturated rings. The second-order valence-electron chi connectivity index (χ2n) is 7.04. The number of aliphatic carboxylic acids is 2. The second-order valence-corrected chi connectivity index (χ2v) is 7.04. The first-order valence-corrected chi connectivity index (χ1v) is 9.33. The van der Waals surface area contributed by atoms with E-state index in [0.29, 0.717) is 6.42 Å². The minimum absolute atomic E-state index is 0.130. The molecule has 168 valence electrons. The van der Waals surface area contributed by atoms with Gasteiger partial charge in [0.05, 0.1) is 12.5 Å². The van der Waals surface area contributed by atoms with E-state index >= 15 is 0 Å². The number of nitrogens with one attached hydrogen (secondary N) is 2. The Morgan fingerprint density at radius 2 is 1.67 bits per heavy atom. The maximum absolute atomic E-state index is 12.8. The number of primary amides is 1. The Hall–Kier alpha value is -3.22. The molecule has 1 saturated heterocycles. The van der Waals surface area contributed by atoms with E-state index in [4.69, 9.17) is 16.6 Å². The summed E-state index contributed by atoms with van der Waals surface area (Å²) in [6.45, 7) is 1.49. The molecule has 1 aliphatic rings. The van der Waals surface area contributed by atoms with Crippen molar-refractivity contribution < 1.29 is 39.0 Å². The summed E-state index contributed by atoms with van der Waals surface area (Å²) in [6, 6.07) is -4.87. The van der Waals surface area contributed by atoms with Crippen LogP contribution >= 0.6 is 0 Å². The molecule has 4 amide bonds. The van der Waals surface area contributed by atoms with Crippen molar-refractivity contribution in [2.24, 2.45) is 11.5 Å². The number of nitrogens with zero attached hydrogens (tertiary/aromatic N) is 1. The number of carbonyl (C=O) groups excluding carboxylic acids is 4. The van der Waals surface area contributed by atoms with Crippen LogP contribution in [-0.4, -0.2) is 81.4 Å². The van der Waals surface area contributed by atoms with Crippen molar-refractivity contribution in [1.82, 2.24) is 15.5 Å². The van der Waals surface area contributed by atoms with Gasteiger partial charge < -0.3 is 37.2 Å². The number of hydrogen-bond acceptors (Lipinski definition) is 7. The van der Waals surface area contributed by atoms with Gasteiger partial charge in [-0.05, 0) is 26.2 Å². The summed E-state index contributed by atoms with van der Waals surface area (Å²) in [4.78, 5) is 71.9. The average Bonchev–Trinajstić information content (AvgIpc) is 3.12. The highest BCUT2D eigenvalue weighted by atomic mass is 16.4. The molecular weight excluding hydrogens is 402 g/mol. The van der Waals surface area contributed by atoms with E-state index in [2.05, 4.69) is 10.6 Å². The molecule has 0 saturated carbocycles. The number of nitrogens with two attached hydrogens (primary N) is 2. The van der Waals surface area contributed by atoms with Crippen LogP contribution in [0.1, 0.15) is 39.0 Å². The fraction of sp³-hybridized carbons (Fsp3) is 0.647. The Labute approximate surface area is 172 Å². The van der Waals surface area contributed by atoms with Gasteiger partial charge in [-0.3, -0.25) is 24.0 Å². The molecular formula is C17H27N5O8. The van der Waals surface area contributed by atoms with Crippen LogP contribution in [0.2, 0.25) is 0 Å². The molecule has 8 N–H and O–H groups in total. The summed E-state index contributed by atoms with van der Waals surface area (Å²) in [5, 5.41) is 22.7. The molecule has 0 bridgehead atoms. The third-order valence-electron chi connectivity index (χ3n) is 4.53. The van der Waals surface area contributed by atoms with E-state index in [1.165, 1.54) is 6.92 Å². The monoisotopic (exact) mass is 429 g/mol. The predicted molar refractivity (Wildman–Crippen MR) is 101 cm³/mol. The summed E-state index contributed by atoms with van der Waals surface area (Å²) in [7, 11) is 0. The molecule has 0 aromatic carbocycles. The van der Waals surface area contributed by atoms with E-state index < -0.39 is 72.6 Å². The zero-order valence-corrected chi connectivity index (χ0v) is 16.5. The molecule has 1 rings (SSSR count). The Morgan fingerprint density at radius 3 is 2.17 bits per heavy atom. The molecule has 0 aromatic heterocycles. The smallest absolute Gasteiger partial charge is 0.326 e. The highest BCUT2D eigenvalue weighted by Crippen LogP contribution is 2.19. The Morgan fingerprint density at radius 1 is 1.07 bits per heavy atom. The molecule has 0 spiro atoms. The second kappa shape index (κ2) is 11.1. The topological polar surface area (TPSA) is 222 Å². The maximum atomic E-state index is 12.8. The lowest BCUT2D eigenvalue weighted by Gasteiger charge is -2.28.